The summed E-state index contributed by atoms with van der Waals surface area (Å²) in [6.07, 6.45) is 9.82. The van der Waals surface area contributed by atoms with Gasteiger partial charge in [0.25, 0.3) is 26.0 Å². The van der Waals surface area contributed by atoms with Gasteiger partial charge in [-0.2, -0.15) is 0 Å². The summed E-state index contributed by atoms with van der Waals surface area (Å²) in [7, 11) is -8.20. The number of sulfonamides is 2. The van der Waals surface area contributed by atoms with E-state index in [1.165, 1.54) is 60.7 Å². The lowest BCUT2D eigenvalue weighted by Crippen LogP contribution is -2.43. The molecular weight excluding hydrogens is 1120 g/mol. The van der Waals surface area contributed by atoms with Gasteiger partial charge in [-0.3, -0.25) is 70.3 Å². The minimum absolute atomic E-state index is 0.0297. The van der Waals surface area contributed by atoms with Crippen molar-refractivity contribution in [3.8, 4) is 0 Å². The Bertz CT molecular complexity index is 3530. The maximum absolute atomic E-state index is 13.7. The first-order chi connectivity index (χ1) is 40.3. The number of hydrazine groups is 2. The van der Waals surface area contributed by atoms with Gasteiger partial charge in [-0.15, -0.1) is 0 Å². The van der Waals surface area contributed by atoms with Gasteiger partial charge < -0.3 is 25.8 Å². The number of anilines is 6. The Kier molecular flexibility index (Phi) is 22.5. The fourth-order valence-electron chi connectivity index (χ4n) is 8.84. The molecule has 5 amide bonds. The van der Waals surface area contributed by atoms with Crippen LogP contribution in [0.1, 0.15) is 57.4 Å². The molecule has 4 aromatic carbocycles. The summed E-state index contributed by atoms with van der Waals surface area (Å²) in [6, 6.07) is 25.6. The minimum atomic E-state index is -4.14. The molecular formula is C57H71N13O12S2+2. The summed E-state index contributed by atoms with van der Waals surface area (Å²) in [5.74, 6) is -3.98. The van der Waals surface area contributed by atoms with E-state index < -0.39 is 49.6 Å². The van der Waals surface area contributed by atoms with Crippen molar-refractivity contribution in [2.45, 2.75) is 76.4 Å². The van der Waals surface area contributed by atoms with Crippen LogP contribution in [0.3, 0.4) is 0 Å². The van der Waals surface area contributed by atoms with Crippen molar-refractivity contribution in [3.05, 3.63) is 155 Å². The summed E-state index contributed by atoms with van der Waals surface area (Å²) in [5.41, 5.74) is 18.3. The van der Waals surface area contributed by atoms with E-state index in [4.69, 9.17) is 14.7 Å². The van der Waals surface area contributed by atoms with Crippen molar-refractivity contribution in [2.75, 3.05) is 83.6 Å². The van der Waals surface area contributed by atoms with Crippen LogP contribution in [-0.2, 0) is 68.5 Å². The summed E-state index contributed by atoms with van der Waals surface area (Å²) < 4.78 is 69.1. The van der Waals surface area contributed by atoms with Crippen LogP contribution in [0.5, 0.6) is 0 Å². The molecule has 84 heavy (non-hydrogen) atoms. The van der Waals surface area contributed by atoms with Crippen LogP contribution in [0.2, 0.25) is 0 Å². The summed E-state index contributed by atoms with van der Waals surface area (Å²) in [6.45, 7) is 12.2. The largest absolute Gasteiger partial charge is 0.395 e. The van der Waals surface area contributed by atoms with E-state index in [-0.39, 0.29) is 40.9 Å². The van der Waals surface area contributed by atoms with E-state index in [2.05, 4.69) is 57.5 Å². The van der Waals surface area contributed by atoms with Gasteiger partial charge in [0.05, 0.1) is 46.7 Å². The fourth-order valence-corrected chi connectivity index (χ4v) is 11.5. The van der Waals surface area contributed by atoms with Gasteiger partial charge in [0.2, 0.25) is 0 Å². The molecule has 11 N–H and O–H groups in total. The fraction of sp³-hybridized carbons (Fsp3) is 0.316. The SMILES string of the molecule is Cc1ccc(S(=O)(=O)Nc2ccc(NNC(=O)C(=O)NCCO)cc2)c(C)c1NOCc1ccc[n+](CCCC[n+]2cccc(C(=O)Nc3c(C)ccc(S(=O)(=O)Nc4ccc(NNC(=O)C(=O)NCCCN5CCOCC5)cc4)c3C)c2)c1. The second kappa shape index (κ2) is 30.0. The highest BCUT2D eigenvalue weighted by Crippen LogP contribution is 2.31. The highest BCUT2D eigenvalue weighted by molar-refractivity contribution is 7.93. The normalized spacial score (nSPS) is 12.5. The summed E-state index contributed by atoms with van der Waals surface area (Å²) in [4.78, 5) is 70.1. The van der Waals surface area contributed by atoms with Crippen LogP contribution < -0.4 is 61.7 Å². The number of carbonyl (C=O) groups excluding carboxylic acids is 5. The third kappa shape index (κ3) is 18.1. The first-order valence-corrected chi connectivity index (χ1v) is 30.0. The second-order valence-corrected chi connectivity index (χ2v) is 23.0. The number of unbranched alkanes of at least 4 members (excludes halogenated alkanes) is 1. The van der Waals surface area contributed by atoms with Gasteiger partial charge in [0.1, 0.15) is 25.3 Å². The maximum Gasteiger partial charge on any atom is 0.327 e. The standard InChI is InChI=1S/C57H69N13O12S2/c1-39-12-22-49(83(77,78)66-47-18-14-45(15-19-47)61-63-56(75)54(73)58-24-9-30-68-31-34-81-35-32-68)41(3)51(39)60-53(72)44-11-8-29-70(37-44)27-6-5-26-69-28-7-10-43(36-69)38-82-65-52-40(2)13-23-50(42(52)4)84(79,80)67-48-20-16-46(17-21-48)62-64-57(76)55(74)59-25-33-71/h7-8,10-23,28-29,36-37,65,71H,5-6,9,24-27,30-35,38H2,1-4H3,(H7-2,58,59,60,61,62,63,64,66,67,72,73,74,75,76)/p+2. The Hall–Kier alpha value is -8.73. The quantitative estimate of drug-likeness (QED) is 0.0153. The molecule has 2 aromatic heterocycles. The average Bonchev–Trinajstić information content (AvgIpc) is 2.25. The molecule has 1 fully saturated rings. The number of nitrogens with one attached hydrogen (secondary N) is 10. The average molecular weight is 1190 g/mol. The maximum atomic E-state index is 13.7. The Morgan fingerprint density at radius 2 is 1.10 bits per heavy atom. The van der Waals surface area contributed by atoms with E-state index in [1.54, 1.807) is 51.2 Å². The van der Waals surface area contributed by atoms with Gasteiger partial charge in [0, 0.05) is 73.8 Å². The number of hydrogen-bond donors (Lipinski definition) is 11. The number of ether oxygens (including phenoxy) is 1. The molecule has 0 unspecified atom stereocenters. The van der Waals surface area contributed by atoms with E-state index in [1.807, 2.05) is 46.8 Å². The monoisotopic (exact) mass is 1190 g/mol. The van der Waals surface area contributed by atoms with Crippen LogP contribution in [0.15, 0.2) is 132 Å². The number of pyridine rings is 2. The minimum Gasteiger partial charge on any atom is -0.395 e. The molecule has 1 saturated heterocycles. The highest BCUT2D eigenvalue weighted by Gasteiger charge is 2.24. The molecule has 1 aliphatic heterocycles. The van der Waals surface area contributed by atoms with Gasteiger partial charge in [-0.05, 0) is 136 Å². The topological polar surface area (TPSA) is 324 Å². The molecule has 0 aliphatic carbocycles. The molecule has 27 heteroatoms. The zero-order chi connectivity index (χ0) is 60.2. The molecule has 0 radical (unpaired) electrons. The Morgan fingerprint density at radius 3 is 1.65 bits per heavy atom. The van der Waals surface area contributed by atoms with Crippen LogP contribution >= 0.6 is 0 Å². The van der Waals surface area contributed by atoms with Crippen molar-refractivity contribution in [3.63, 3.8) is 0 Å². The zero-order valence-corrected chi connectivity index (χ0v) is 48.7. The Balaban J connectivity index is 0.844. The Morgan fingerprint density at radius 1 is 0.595 bits per heavy atom. The van der Waals surface area contributed by atoms with E-state index in [9.17, 15) is 40.8 Å². The number of morpholine rings is 1. The number of aliphatic hydroxyl groups is 1. The number of carbonyl (C=O) groups is 5. The van der Waals surface area contributed by atoms with Crippen molar-refractivity contribution in [2.24, 2.45) is 0 Å². The number of aromatic nitrogens is 2. The smallest absolute Gasteiger partial charge is 0.327 e. The molecule has 0 bridgehead atoms. The second-order valence-electron chi connectivity index (χ2n) is 19.7. The molecule has 3 heterocycles. The lowest BCUT2D eigenvalue weighted by molar-refractivity contribution is -0.708. The first-order valence-electron chi connectivity index (χ1n) is 27.0. The van der Waals surface area contributed by atoms with Crippen LogP contribution in [0.4, 0.5) is 34.1 Å². The molecule has 25 nitrogen and oxygen atoms in total. The molecule has 0 atom stereocenters. The van der Waals surface area contributed by atoms with Crippen LogP contribution in [-0.4, -0.2) is 109 Å². The van der Waals surface area contributed by atoms with E-state index in [0.717, 1.165) is 43.6 Å². The number of aryl methyl sites for hydroxylation is 4. The van der Waals surface area contributed by atoms with Gasteiger partial charge in [-0.1, -0.05) is 12.1 Å². The van der Waals surface area contributed by atoms with Gasteiger partial charge >= 0.3 is 23.6 Å². The van der Waals surface area contributed by atoms with Crippen molar-refractivity contribution < 1.29 is 64.6 Å². The molecule has 6 aromatic rings. The number of rotatable bonds is 27. The predicted octanol–water partition coefficient (Wildman–Crippen LogP) is 3.21. The van der Waals surface area contributed by atoms with Crippen molar-refractivity contribution in [1.29, 1.82) is 0 Å². The number of nitrogens with zero attached hydrogens (tertiary/aromatic N) is 3. The van der Waals surface area contributed by atoms with Gasteiger partial charge in [0.15, 0.2) is 24.8 Å². The lowest BCUT2D eigenvalue weighted by atomic mass is 10.1. The first kappa shape index (κ1) is 62.9. The number of hydrogen-bond acceptors (Lipinski definition) is 16. The van der Waals surface area contributed by atoms with E-state index in [0.29, 0.717) is 84.3 Å². The molecule has 7 rings (SSSR count). The lowest BCUT2D eigenvalue weighted by Gasteiger charge is -2.26. The predicted molar refractivity (Wildman–Crippen MR) is 314 cm³/mol. The zero-order valence-electron chi connectivity index (χ0n) is 47.0. The van der Waals surface area contributed by atoms with E-state index >= 15 is 0 Å². The van der Waals surface area contributed by atoms with Crippen molar-refractivity contribution >= 4 is 83.7 Å². The molecule has 446 valence electrons. The summed E-state index contributed by atoms with van der Waals surface area (Å²) in [5, 5.41) is 16.6. The van der Waals surface area contributed by atoms with Crippen LogP contribution in [0.25, 0.3) is 0 Å². The summed E-state index contributed by atoms with van der Waals surface area (Å²) >= 11 is 0. The third-order valence-corrected chi connectivity index (χ3v) is 16.4. The third-order valence-electron chi connectivity index (χ3n) is 13.4. The number of benzene rings is 4. The molecule has 0 spiro atoms. The van der Waals surface area contributed by atoms with Gasteiger partial charge in [-0.25, -0.2) is 26.0 Å². The van der Waals surface area contributed by atoms with Crippen molar-refractivity contribution in [1.82, 2.24) is 26.4 Å². The Labute approximate surface area is 487 Å². The number of amides is 5. The number of aliphatic hydroxyl groups excluding tert-OH is 1. The highest BCUT2D eigenvalue weighted by atomic mass is 32.2. The van der Waals surface area contributed by atoms with Crippen LogP contribution in [0, 0.1) is 27.7 Å². The molecule has 0 saturated carbocycles. The molecule has 1 aliphatic rings.